The minimum Gasteiger partial charge on any atom is -0.265 e. The van der Waals surface area contributed by atoms with Crippen LogP contribution < -0.4 is 5.56 Å². The largest absolute Gasteiger partial charge is 0.300 e. The Morgan fingerprint density at radius 2 is 1.62 bits per heavy atom. The molecule has 100 valence electrons. The molecule has 0 aliphatic carbocycles. The minimum absolute atomic E-state index is 0.308. The Morgan fingerprint density at radius 3 is 2.48 bits per heavy atom. The normalized spacial score (nSPS) is 11.0. The maximum absolute atomic E-state index is 12.3. The lowest BCUT2D eigenvalue weighted by Gasteiger charge is -2.06. The first kappa shape index (κ1) is 11.8. The summed E-state index contributed by atoms with van der Waals surface area (Å²) >= 11 is 0. The van der Waals surface area contributed by atoms with Crippen LogP contribution in [0.5, 0.6) is 0 Å². The summed E-state index contributed by atoms with van der Waals surface area (Å²) < 4.78 is 1.66. The molecule has 2 aromatic carbocycles. The fraction of sp³-hybridized carbons (Fsp3) is 0. The fourth-order valence-corrected chi connectivity index (χ4v) is 2.46. The van der Waals surface area contributed by atoms with E-state index in [4.69, 9.17) is 0 Å². The smallest absolute Gasteiger partial charge is 0.265 e. The summed E-state index contributed by atoms with van der Waals surface area (Å²) in [5.74, 6) is 0. The van der Waals surface area contributed by atoms with Crippen LogP contribution in [0.3, 0.4) is 0 Å². The Labute approximate surface area is 120 Å². The molecule has 0 aliphatic rings. The predicted octanol–water partition coefficient (Wildman–Crippen LogP) is 2.91. The van der Waals surface area contributed by atoms with Crippen LogP contribution in [0, 0.1) is 0 Å². The van der Waals surface area contributed by atoms with Crippen LogP contribution in [0.4, 0.5) is 0 Å². The summed E-state index contributed by atoms with van der Waals surface area (Å²) in [5, 5.41) is 6.40. The topological polar surface area (TPSA) is 47.3 Å². The first-order valence-electron chi connectivity index (χ1n) is 6.67. The monoisotopic (exact) mass is 273 g/mol. The lowest BCUT2D eigenvalue weighted by Crippen LogP contribution is -2.15. The van der Waals surface area contributed by atoms with Gasteiger partial charge in [-0.15, -0.1) is 0 Å². The van der Waals surface area contributed by atoms with Gasteiger partial charge in [-0.05, 0) is 11.5 Å². The van der Waals surface area contributed by atoms with Crippen molar-refractivity contribution in [2.45, 2.75) is 0 Å². The second kappa shape index (κ2) is 4.52. The zero-order chi connectivity index (χ0) is 14.2. The molecule has 0 radical (unpaired) electrons. The summed E-state index contributed by atoms with van der Waals surface area (Å²) in [7, 11) is 0. The lowest BCUT2D eigenvalue weighted by atomic mass is 10.1. The van der Waals surface area contributed by atoms with E-state index in [1.54, 1.807) is 4.52 Å². The van der Waals surface area contributed by atoms with Crippen LogP contribution in [0.25, 0.3) is 27.7 Å². The van der Waals surface area contributed by atoms with E-state index in [0.29, 0.717) is 11.3 Å². The minimum atomic E-state index is -0.308. The second-order valence-electron chi connectivity index (χ2n) is 4.80. The zero-order valence-corrected chi connectivity index (χ0v) is 11.1. The molecule has 21 heavy (non-hydrogen) atoms. The van der Waals surface area contributed by atoms with Gasteiger partial charge in [0, 0.05) is 17.1 Å². The van der Waals surface area contributed by atoms with E-state index in [1.807, 2.05) is 66.9 Å². The molecule has 2 aromatic heterocycles. The Kier molecular flexibility index (Phi) is 2.54. The molecule has 0 bridgehead atoms. The molecule has 4 nitrogen and oxygen atoms in total. The van der Waals surface area contributed by atoms with Crippen LogP contribution in [0.2, 0.25) is 0 Å². The highest BCUT2D eigenvalue weighted by molar-refractivity contribution is 5.93. The summed E-state index contributed by atoms with van der Waals surface area (Å²) in [5.41, 5.74) is 1.41. The van der Waals surface area contributed by atoms with Crippen molar-refractivity contribution in [1.82, 2.24) is 14.6 Å². The second-order valence-corrected chi connectivity index (χ2v) is 4.80. The highest BCUT2D eigenvalue weighted by atomic mass is 16.1. The highest BCUT2D eigenvalue weighted by Gasteiger charge is 2.09. The molecule has 0 aliphatic heterocycles. The number of aromatic nitrogens is 3. The van der Waals surface area contributed by atoms with E-state index in [0.717, 1.165) is 16.3 Å². The maximum Gasteiger partial charge on any atom is 0.300 e. The van der Waals surface area contributed by atoms with Crippen molar-refractivity contribution in [2.24, 2.45) is 0 Å². The number of hydrogen-bond acceptors (Lipinski definition) is 3. The van der Waals surface area contributed by atoms with Crippen LogP contribution in [0.15, 0.2) is 71.7 Å². The third kappa shape index (κ3) is 1.89. The molecule has 0 fully saturated rings. The van der Waals surface area contributed by atoms with E-state index >= 15 is 0 Å². The van der Waals surface area contributed by atoms with Gasteiger partial charge in [0.15, 0.2) is 11.3 Å². The van der Waals surface area contributed by atoms with Gasteiger partial charge < -0.3 is 0 Å². The average molecular weight is 273 g/mol. The van der Waals surface area contributed by atoms with E-state index in [1.165, 1.54) is 0 Å². The molecule has 4 heteroatoms. The van der Waals surface area contributed by atoms with Crippen LogP contribution >= 0.6 is 0 Å². The van der Waals surface area contributed by atoms with Gasteiger partial charge in [-0.2, -0.15) is 10.1 Å². The van der Waals surface area contributed by atoms with Crippen LogP contribution in [-0.4, -0.2) is 14.6 Å². The van der Waals surface area contributed by atoms with E-state index in [2.05, 4.69) is 10.1 Å². The Hall–Kier alpha value is -3.01. The third-order valence-electron chi connectivity index (χ3n) is 3.48. The fourth-order valence-electron chi connectivity index (χ4n) is 2.46. The molecule has 0 saturated carbocycles. The van der Waals surface area contributed by atoms with Gasteiger partial charge in [-0.25, -0.2) is 4.52 Å². The quantitative estimate of drug-likeness (QED) is 0.501. The lowest BCUT2D eigenvalue weighted by molar-refractivity contribution is 0.894. The molecular formula is C17H11N3O. The molecule has 0 N–H and O–H groups in total. The van der Waals surface area contributed by atoms with Crippen molar-refractivity contribution in [3.05, 3.63) is 77.2 Å². The maximum atomic E-state index is 12.3. The summed E-state index contributed by atoms with van der Waals surface area (Å²) in [6.45, 7) is 0. The van der Waals surface area contributed by atoms with Crippen molar-refractivity contribution in [2.75, 3.05) is 0 Å². The number of fused-ring (bicyclic) bond motifs is 3. The number of hydrogen-bond donors (Lipinski definition) is 0. The van der Waals surface area contributed by atoms with E-state index in [9.17, 15) is 4.79 Å². The van der Waals surface area contributed by atoms with Gasteiger partial charge in [-0.3, -0.25) is 4.79 Å². The van der Waals surface area contributed by atoms with Crippen molar-refractivity contribution in [3.8, 4) is 11.3 Å². The summed E-state index contributed by atoms with van der Waals surface area (Å²) in [6, 6.07) is 19.2. The number of pyridine rings is 1. The van der Waals surface area contributed by atoms with Crippen molar-refractivity contribution < 1.29 is 0 Å². The average Bonchev–Trinajstić information content (AvgIpc) is 2.55. The molecule has 0 spiro atoms. The number of benzene rings is 2. The molecule has 2 heterocycles. The first-order valence-corrected chi connectivity index (χ1v) is 6.67. The Bertz CT molecular complexity index is 1010. The molecule has 0 unspecified atom stereocenters. The van der Waals surface area contributed by atoms with Crippen molar-refractivity contribution >= 4 is 16.4 Å². The Morgan fingerprint density at radius 1 is 0.857 bits per heavy atom. The van der Waals surface area contributed by atoms with Gasteiger partial charge in [0.05, 0.1) is 0 Å². The number of rotatable bonds is 1. The standard InChI is InChI=1S/C17H11N3O/c21-17-15(13-7-2-1-3-8-13)19-20-11-10-12-6-4-5-9-14(12)16(20)18-17/h1-11H. The molecule has 0 saturated heterocycles. The van der Waals surface area contributed by atoms with Crippen molar-refractivity contribution in [1.29, 1.82) is 0 Å². The molecule has 4 aromatic rings. The van der Waals surface area contributed by atoms with Gasteiger partial charge in [0.2, 0.25) is 0 Å². The van der Waals surface area contributed by atoms with Gasteiger partial charge >= 0.3 is 0 Å². The highest BCUT2D eigenvalue weighted by Crippen LogP contribution is 2.18. The predicted molar refractivity (Wildman–Crippen MR) is 82.2 cm³/mol. The van der Waals surface area contributed by atoms with Gasteiger partial charge in [0.25, 0.3) is 5.56 Å². The zero-order valence-electron chi connectivity index (χ0n) is 11.1. The molecule has 4 rings (SSSR count). The summed E-state index contributed by atoms with van der Waals surface area (Å²) in [4.78, 5) is 16.5. The first-order chi connectivity index (χ1) is 10.3. The Balaban J connectivity index is 2.08. The van der Waals surface area contributed by atoms with Gasteiger partial charge in [0.1, 0.15) is 0 Å². The molecule has 0 atom stereocenters. The molecule has 0 amide bonds. The van der Waals surface area contributed by atoms with Crippen molar-refractivity contribution in [3.63, 3.8) is 0 Å². The third-order valence-corrected chi connectivity index (χ3v) is 3.48. The summed E-state index contributed by atoms with van der Waals surface area (Å²) in [6.07, 6.45) is 1.83. The van der Waals surface area contributed by atoms with Crippen LogP contribution in [0.1, 0.15) is 0 Å². The van der Waals surface area contributed by atoms with Crippen LogP contribution in [-0.2, 0) is 0 Å². The SMILES string of the molecule is O=c1nc2c3ccccc3ccn2nc1-c1ccccc1. The van der Waals surface area contributed by atoms with Gasteiger partial charge in [-0.1, -0.05) is 54.6 Å². The van der Waals surface area contributed by atoms with E-state index in [-0.39, 0.29) is 5.56 Å². The van der Waals surface area contributed by atoms with E-state index < -0.39 is 0 Å². The number of nitrogens with zero attached hydrogens (tertiary/aromatic N) is 3. The molecular weight excluding hydrogens is 262 g/mol.